The molecule has 0 N–H and O–H groups in total. The van der Waals surface area contributed by atoms with Gasteiger partial charge in [0, 0.05) is 6.54 Å². The van der Waals surface area contributed by atoms with Crippen molar-refractivity contribution in [1.82, 2.24) is 4.90 Å². The van der Waals surface area contributed by atoms with Gasteiger partial charge in [0.2, 0.25) is 5.76 Å². The molecule has 5 rings (SSSR count). The summed E-state index contributed by atoms with van der Waals surface area (Å²) in [5.74, 6) is 1.28. The molecule has 1 atom stereocenters. The molecule has 0 fully saturated rings. The van der Waals surface area contributed by atoms with Crippen LogP contribution in [0.2, 0.25) is 0 Å². The highest BCUT2D eigenvalue weighted by molar-refractivity contribution is 5.99. The van der Waals surface area contributed by atoms with Crippen molar-refractivity contribution in [2.75, 3.05) is 20.8 Å². The summed E-state index contributed by atoms with van der Waals surface area (Å²) < 4.78 is 16.8. The summed E-state index contributed by atoms with van der Waals surface area (Å²) in [6, 6.07) is 18.4. The van der Waals surface area contributed by atoms with Crippen LogP contribution in [0.3, 0.4) is 0 Å². The number of amides is 1. The normalized spacial score (nSPS) is 14.9. The van der Waals surface area contributed by atoms with E-state index in [1.807, 2.05) is 74.5 Å². The van der Waals surface area contributed by atoms with E-state index in [4.69, 9.17) is 13.9 Å². The van der Waals surface area contributed by atoms with Crippen molar-refractivity contribution in [2.45, 2.75) is 26.3 Å². The smallest absolute Gasteiger partial charge is 0.290 e. The second-order valence-corrected chi connectivity index (χ2v) is 8.88. The fraction of sp³-hybridized carbons (Fsp3) is 0.241. The molecule has 0 saturated carbocycles. The number of carbonyl (C=O) groups is 1. The number of hydrogen-bond acceptors (Lipinski definition) is 5. The minimum Gasteiger partial charge on any atom is -0.497 e. The minimum atomic E-state index is -0.562. The third-order valence-corrected chi connectivity index (χ3v) is 6.79. The molecule has 1 aliphatic rings. The summed E-state index contributed by atoms with van der Waals surface area (Å²) in [6.45, 7) is 4.35. The number of carbonyl (C=O) groups excluding carboxylic acids is 1. The first-order valence-corrected chi connectivity index (χ1v) is 11.6. The van der Waals surface area contributed by atoms with Crippen molar-refractivity contribution in [3.05, 3.63) is 104 Å². The van der Waals surface area contributed by atoms with Crippen LogP contribution in [-0.4, -0.2) is 31.6 Å². The quantitative estimate of drug-likeness (QED) is 0.388. The minimum absolute atomic E-state index is 0.119. The number of nitrogens with zero attached hydrogens (tertiary/aromatic N) is 1. The number of ether oxygens (including phenoxy) is 2. The van der Waals surface area contributed by atoms with Gasteiger partial charge in [0.25, 0.3) is 5.91 Å². The average Bonchev–Trinajstić information content (AvgIpc) is 3.16. The molecule has 0 spiro atoms. The van der Waals surface area contributed by atoms with Gasteiger partial charge in [0.15, 0.2) is 5.43 Å². The van der Waals surface area contributed by atoms with E-state index < -0.39 is 6.04 Å². The molecule has 0 radical (unpaired) electrons. The highest BCUT2D eigenvalue weighted by Gasteiger charge is 2.42. The summed E-state index contributed by atoms with van der Waals surface area (Å²) in [6.07, 6.45) is 0.621. The van der Waals surface area contributed by atoms with E-state index in [2.05, 4.69) is 0 Å². The van der Waals surface area contributed by atoms with Crippen molar-refractivity contribution < 1.29 is 18.7 Å². The first kappa shape index (κ1) is 22.7. The molecule has 1 amide bonds. The Morgan fingerprint density at radius 2 is 1.60 bits per heavy atom. The number of methoxy groups -OCH3 is 2. The number of rotatable bonds is 6. The zero-order valence-electron chi connectivity index (χ0n) is 20.3. The standard InChI is InChI=1S/C29H27NO5/c1-17-14-23-24(15-18(17)2)35-28-25(27(23)31)26(20-6-5-7-22(16-20)34-4)30(29(28)32)13-12-19-8-10-21(33-3)11-9-19/h5-11,14-16,26H,12-13H2,1-4H3/t26-/m1/s1. The van der Waals surface area contributed by atoms with Crippen molar-refractivity contribution in [2.24, 2.45) is 0 Å². The molecule has 1 aromatic heterocycles. The van der Waals surface area contributed by atoms with Crippen LogP contribution in [0.5, 0.6) is 11.5 Å². The van der Waals surface area contributed by atoms with Gasteiger partial charge in [-0.25, -0.2) is 0 Å². The molecular formula is C29H27NO5. The SMILES string of the molecule is COc1ccc(CCN2C(=O)c3oc4cc(C)c(C)cc4c(=O)c3[C@H]2c2cccc(OC)c2)cc1. The number of benzene rings is 3. The second-order valence-electron chi connectivity index (χ2n) is 8.88. The van der Waals surface area contributed by atoms with Gasteiger partial charge in [-0.1, -0.05) is 24.3 Å². The van der Waals surface area contributed by atoms with Gasteiger partial charge in [-0.15, -0.1) is 0 Å². The lowest BCUT2D eigenvalue weighted by Crippen LogP contribution is -2.31. The Balaban J connectivity index is 1.63. The van der Waals surface area contributed by atoms with Crippen molar-refractivity contribution in [3.8, 4) is 11.5 Å². The lowest BCUT2D eigenvalue weighted by molar-refractivity contribution is 0.0730. The van der Waals surface area contributed by atoms with Gasteiger partial charge in [-0.2, -0.15) is 0 Å². The van der Waals surface area contributed by atoms with Gasteiger partial charge in [-0.05, 0) is 78.9 Å². The first-order chi connectivity index (χ1) is 16.9. The van der Waals surface area contributed by atoms with E-state index in [9.17, 15) is 9.59 Å². The summed E-state index contributed by atoms with van der Waals surface area (Å²) in [5.41, 5.74) is 4.53. The summed E-state index contributed by atoms with van der Waals surface area (Å²) in [7, 11) is 3.23. The maximum atomic E-state index is 13.8. The Bertz CT molecular complexity index is 1490. The van der Waals surface area contributed by atoms with Crippen LogP contribution in [0.25, 0.3) is 11.0 Å². The molecule has 0 bridgehead atoms. The highest BCUT2D eigenvalue weighted by Crippen LogP contribution is 2.39. The predicted octanol–water partition coefficient (Wildman–Crippen LogP) is 5.21. The second kappa shape index (κ2) is 8.95. The van der Waals surface area contributed by atoms with Crippen LogP contribution >= 0.6 is 0 Å². The molecule has 0 saturated heterocycles. The highest BCUT2D eigenvalue weighted by atomic mass is 16.5. The molecule has 6 heteroatoms. The van der Waals surface area contributed by atoms with E-state index in [0.29, 0.717) is 35.2 Å². The van der Waals surface area contributed by atoms with E-state index in [-0.39, 0.29) is 17.1 Å². The molecule has 0 aliphatic carbocycles. The van der Waals surface area contributed by atoms with Crippen LogP contribution < -0.4 is 14.9 Å². The topological polar surface area (TPSA) is 69.0 Å². The van der Waals surface area contributed by atoms with Crippen LogP contribution in [0.4, 0.5) is 0 Å². The van der Waals surface area contributed by atoms with Gasteiger partial charge in [-0.3, -0.25) is 9.59 Å². The summed E-state index contributed by atoms with van der Waals surface area (Å²) in [5, 5.41) is 0.490. The van der Waals surface area contributed by atoms with Crippen LogP contribution in [0, 0.1) is 13.8 Å². The molecule has 4 aromatic rings. The van der Waals surface area contributed by atoms with Crippen LogP contribution in [0.15, 0.2) is 69.9 Å². The van der Waals surface area contributed by atoms with Crippen LogP contribution in [-0.2, 0) is 6.42 Å². The third-order valence-electron chi connectivity index (χ3n) is 6.79. The first-order valence-electron chi connectivity index (χ1n) is 11.6. The van der Waals surface area contributed by atoms with Crippen molar-refractivity contribution >= 4 is 16.9 Å². The zero-order valence-corrected chi connectivity index (χ0v) is 20.3. The van der Waals surface area contributed by atoms with Crippen LogP contribution in [0.1, 0.15) is 44.4 Å². The maximum absolute atomic E-state index is 13.8. The Morgan fingerprint density at radius 3 is 2.31 bits per heavy atom. The molecule has 2 heterocycles. The van der Waals surface area contributed by atoms with E-state index in [1.54, 1.807) is 19.1 Å². The maximum Gasteiger partial charge on any atom is 0.290 e. The number of fused-ring (bicyclic) bond motifs is 2. The molecule has 178 valence electrons. The Morgan fingerprint density at radius 1 is 0.886 bits per heavy atom. The lowest BCUT2D eigenvalue weighted by Gasteiger charge is -2.25. The number of hydrogen-bond donors (Lipinski definition) is 0. The Labute approximate surface area is 203 Å². The molecular weight excluding hydrogens is 442 g/mol. The third kappa shape index (κ3) is 3.95. The molecule has 6 nitrogen and oxygen atoms in total. The Hall–Kier alpha value is -4.06. The molecule has 3 aromatic carbocycles. The van der Waals surface area contributed by atoms with Crippen molar-refractivity contribution in [1.29, 1.82) is 0 Å². The number of aryl methyl sites for hydroxylation is 2. The van der Waals surface area contributed by atoms with Gasteiger partial charge < -0.3 is 18.8 Å². The average molecular weight is 470 g/mol. The van der Waals surface area contributed by atoms with E-state index in [0.717, 1.165) is 28.0 Å². The molecule has 1 aliphatic heterocycles. The summed E-state index contributed by atoms with van der Waals surface area (Å²) in [4.78, 5) is 29.1. The van der Waals surface area contributed by atoms with Gasteiger partial charge in [0.1, 0.15) is 17.1 Å². The van der Waals surface area contributed by atoms with Gasteiger partial charge >= 0.3 is 0 Å². The lowest BCUT2D eigenvalue weighted by atomic mass is 9.97. The van der Waals surface area contributed by atoms with Gasteiger partial charge in [0.05, 0.1) is 31.2 Å². The summed E-state index contributed by atoms with van der Waals surface area (Å²) >= 11 is 0. The largest absolute Gasteiger partial charge is 0.497 e. The predicted molar refractivity (Wildman–Crippen MR) is 135 cm³/mol. The zero-order chi connectivity index (χ0) is 24.7. The monoisotopic (exact) mass is 469 g/mol. The van der Waals surface area contributed by atoms with E-state index >= 15 is 0 Å². The van der Waals surface area contributed by atoms with Crippen molar-refractivity contribution in [3.63, 3.8) is 0 Å². The fourth-order valence-electron chi connectivity index (χ4n) is 4.71. The molecule has 35 heavy (non-hydrogen) atoms. The Kier molecular flexibility index (Phi) is 5.81. The van der Waals surface area contributed by atoms with E-state index in [1.165, 1.54) is 0 Å². The fourth-order valence-corrected chi connectivity index (χ4v) is 4.71. The molecule has 0 unspecified atom stereocenters.